The molecule has 2 heterocycles. The van der Waals surface area contributed by atoms with Gasteiger partial charge in [-0.2, -0.15) is 4.31 Å². The third-order valence-electron chi connectivity index (χ3n) is 5.98. The van der Waals surface area contributed by atoms with Crippen LogP contribution in [0.25, 0.3) is 0 Å². The normalized spacial score (nSPS) is 22.4. The molecule has 0 saturated carbocycles. The highest BCUT2D eigenvalue weighted by Gasteiger charge is 2.52. The van der Waals surface area contributed by atoms with Crippen LogP contribution < -0.4 is 11.2 Å². The highest BCUT2D eigenvalue weighted by molar-refractivity contribution is 7.61. The van der Waals surface area contributed by atoms with Crippen LogP contribution in [0, 0.1) is 0 Å². The number of carbonyl (C=O) groups excluding carboxylic acids is 2. The number of hydrogen-bond donors (Lipinski definition) is 3. The quantitative estimate of drug-likeness (QED) is 0.178. The zero-order valence-corrected chi connectivity index (χ0v) is 24.8. The summed E-state index contributed by atoms with van der Waals surface area (Å²) in [5, 5.41) is 0. The molecule has 16 nitrogen and oxygen atoms in total. The van der Waals surface area contributed by atoms with Gasteiger partial charge in [-0.05, 0) is 30.7 Å². The number of esters is 2. The first-order valence-electron chi connectivity index (χ1n) is 13.0. The lowest BCUT2D eigenvalue weighted by Crippen LogP contribution is -2.42. The predicted molar refractivity (Wildman–Crippen MR) is 149 cm³/mol. The third kappa shape index (κ3) is 8.68. The number of benzene rings is 2. The van der Waals surface area contributed by atoms with Crippen LogP contribution in [0.2, 0.25) is 0 Å². The van der Waals surface area contributed by atoms with Crippen molar-refractivity contribution >= 4 is 27.6 Å². The van der Waals surface area contributed by atoms with Gasteiger partial charge in [0.15, 0.2) is 18.4 Å². The summed E-state index contributed by atoms with van der Waals surface area (Å²) in [7, 11) is -10.3. The van der Waals surface area contributed by atoms with Crippen LogP contribution >= 0.6 is 15.6 Å². The Bertz CT molecular complexity index is 1660. The van der Waals surface area contributed by atoms with Crippen molar-refractivity contribution in [1.29, 1.82) is 0 Å². The molecule has 1 saturated heterocycles. The van der Waals surface area contributed by atoms with Gasteiger partial charge in [-0.1, -0.05) is 43.3 Å². The summed E-state index contributed by atoms with van der Waals surface area (Å²) >= 11 is 0. The number of carbonyl (C=O) groups is 2. The molecule has 6 atom stereocenters. The van der Waals surface area contributed by atoms with Crippen LogP contribution in [0.1, 0.15) is 40.3 Å². The molecular weight excluding hydrogens is 626 g/mol. The van der Waals surface area contributed by atoms with E-state index in [0.29, 0.717) is 6.42 Å². The number of phosphoric ester groups is 2. The minimum absolute atomic E-state index is 0.0791. The van der Waals surface area contributed by atoms with Crippen molar-refractivity contribution in [3.8, 4) is 0 Å². The molecule has 0 aliphatic carbocycles. The first-order chi connectivity index (χ1) is 20.9. The first kappa shape index (κ1) is 33.2. The fraction of sp³-hybridized carbons (Fsp3) is 0.308. The van der Waals surface area contributed by atoms with Gasteiger partial charge in [0, 0.05) is 12.3 Å². The van der Waals surface area contributed by atoms with Gasteiger partial charge in [0.1, 0.15) is 6.10 Å². The van der Waals surface area contributed by atoms with E-state index < -0.39 is 70.0 Å². The number of aromatic amines is 1. The Kier molecular flexibility index (Phi) is 10.8. The maximum Gasteiger partial charge on any atom is 0.481 e. The number of hydrogen-bond acceptors (Lipinski definition) is 12. The van der Waals surface area contributed by atoms with Crippen LogP contribution in [0.4, 0.5) is 0 Å². The molecule has 0 radical (unpaired) electrons. The molecule has 0 amide bonds. The lowest BCUT2D eigenvalue weighted by Gasteiger charge is -2.25. The molecule has 236 valence electrons. The fourth-order valence-corrected chi connectivity index (χ4v) is 6.21. The van der Waals surface area contributed by atoms with Crippen molar-refractivity contribution in [2.45, 2.75) is 37.9 Å². The molecule has 1 aromatic heterocycles. The summed E-state index contributed by atoms with van der Waals surface area (Å²) in [5.74, 6) is -1.83. The maximum absolute atomic E-state index is 13.1. The SMILES string of the molecule is CCCOP(=O)(O)OP(=O)(O)OC[C@H]1O[C@@H](n2ccc(=O)[nH]c2=O)C(OC(=O)c2ccccc2)[C@H]1OC(=O)c1ccccc1. The van der Waals surface area contributed by atoms with Gasteiger partial charge in [-0.3, -0.25) is 23.4 Å². The van der Waals surface area contributed by atoms with Crippen LogP contribution in [0.15, 0.2) is 82.5 Å². The molecule has 1 aliphatic heterocycles. The van der Waals surface area contributed by atoms with Crippen molar-refractivity contribution in [2.24, 2.45) is 0 Å². The Morgan fingerprint density at radius 1 is 0.864 bits per heavy atom. The number of nitrogens with one attached hydrogen (secondary N) is 1. The van der Waals surface area contributed by atoms with Gasteiger partial charge in [0.25, 0.3) is 5.56 Å². The summed E-state index contributed by atoms with van der Waals surface area (Å²) in [6.07, 6.45) is -4.96. The second-order valence-corrected chi connectivity index (χ2v) is 12.2. The average Bonchev–Trinajstić information content (AvgIpc) is 3.31. The molecule has 3 N–H and O–H groups in total. The van der Waals surface area contributed by atoms with E-state index in [9.17, 15) is 38.1 Å². The molecule has 3 unspecified atom stereocenters. The molecule has 1 aliphatic rings. The third-order valence-corrected chi connectivity index (χ3v) is 8.62. The average molecular weight is 654 g/mol. The van der Waals surface area contributed by atoms with E-state index in [1.54, 1.807) is 43.3 Å². The molecule has 44 heavy (non-hydrogen) atoms. The fourth-order valence-electron chi connectivity index (χ4n) is 4.05. The topological polar surface area (TPSA) is 219 Å². The number of H-pyrrole nitrogens is 1. The monoisotopic (exact) mass is 654 g/mol. The Labute approximate surface area is 249 Å². The Morgan fingerprint density at radius 2 is 1.41 bits per heavy atom. The lowest BCUT2D eigenvalue weighted by atomic mass is 10.1. The Hall–Kier alpha value is -3.72. The van der Waals surface area contributed by atoms with Crippen LogP contribution in [0.5, 0.6) is 0 Å². The van der Waals surface area contributed by atoms with Gasteiger partial charge in [-0.25, -0.2) is 23.5 Å². The number of rotatable bonds is 13. The number of aromatic nitrogens is 2. The van der Waals surface area contributed by atoms with Crippen molar-refractivity contribution in [1.82, 2.24) is 9.55 Å². The molecule has 18 heteroatoms. The minimum atomic E-state index is -5.31. The van der Waals surface area contributed by atoms with E-state index in [-0.39, 0.29) is 17.7 Å². The van der Waals surface area contributed by atoms with E-state index in [0.717, 1.165) is 16.8 Å². The zero-order chi connectivity index (χ0) is 31.9. The number of phosphoric acid groups is 2. The second kappa shape index (κ2) is 14.4. The van der Waals surface area contributed by atoms with E-state index in [1.165, 1.54) is 24.3 Å². The standard InChI is InChI=1S/C26H28N2O14P2/c1-2-15-37-43(33,34)42-44(35,36)38-16-19-21(40-24(30)17-9-5-3-6-10-17)22(41-25(31)18-11-7-4-8-12-18)23(39-19)28-14-13-20(29)27-26(28)32/h3-14,19,21-23H,2,15-16H2,1H3,(H,33,34)(H,35,36)(H,27,29,32)/t19-,21+,22?,23-/m1/s1. The molecule has 1 fully saturated rings. The van der Waals surface area contributed by atoms with E-state index in [2.05, 4.69) is 8.83 Å². The van der Waals surface area contributed by atoms with Gasteiger partial charge >= 0.3 is 33.3 Å². The highest BCUT2D eigenvalue weighted by Crippen LogP contribution is 2.60. The highest BCUT2D eigenvalue weighted by atomic mass is 31.3. The van der Waals surface area contributed by atoms with E-state index in [4.69, 9.17) is 18.7 Å². The van der Waals surface area contributed by atoms with Crippen molar-refractivity contribution < 1.29 is 56.1 Å². The van der Waals surface area contributed by atoms with Crippen LogP contribution in [-0.2, 0) is 36.7 Å². The summed E-state index contributed by atoms with van der Waals surface area (Å²) < 4.78 is 56.4. The molecule has 0 spiro atoms. The van der Waals surface area contributed by atoms with Crippen molar-refractivity contribution in [3.05, 3.63) is 105 Å². The van der Waals surface area contributed by atoms with Crippen LogP contribution in [-0.4, -0.2) is 62.8 Å². The lowest BCUT2D eigenvalue weighted by molar-refractivity contribution is -0.0598. The minimum Gasteiger partial charge on any atom is -0.452 e. The van der Waals surface area contributed by atoms with Crippen molar-refractivity contribution in [2.75, 3.05) is 13.2 Å². The predicted octanol–water partition coefficient (Wildman–Crippen LogP) is 2.55. The molecule has 3 aromatic rings. The van der Waals surface area contributed by atoms with E-state index in [1.807, 2.05) is 4.98 Å². The van der Waals surface area contributed by atoms with E-state index >= 15 is 0 Å². The maximum atomic E-state index is 13.1. The van der Waals surface area contributed by atoms with Gasteiger partial charge in [0.2, 0.25) is 0 Å². The smallest absolute Gasteiger partial charge is 0.452 e. The summed E-state index contributed by atoms with van der Waals surface area (Å²) in [6, 6.07) is 16.3. The summed E-state index contributed by atoms with van der Waals surface area (Å²) in [4.78, 5) is 72.5. The summed E-state index contributed by atoms with van der Waals surface area (Å²) in [5.41, 5.74) is -1.56. The zero-order valence-electron chi connectivity index (χ0n) is 23.0. The summed E-state index contributed by atoms with van der Waals surface area (Å²) in [6.45, 7) is 0.415. The molecule has 0 bridgehead atoms. The van der Waals surface area contributed by atoms with Gasteiger partial charge in [0.05, 0.1) is 24.3 Å². The number of ether oxygens (including phenoxy) is 3. The van der Waals surface area contributed by atoms with Crippen molar-refractivity contribution in [3.63, 3.8) is 0 Å². The second-order valence-electron chi connectivity index (χ2n) is 9.20. The number of nitrogens with zero attached hydrogens (tertiary/aromatic N) is 1. The van der Waals surface area contributed by atoms with Gasteiger partial charge in [-0.15, -0.1) is 0 Å². The molecular formula is C26H28N2O14P2. The Balaban J connectivity index is 1.69. The largest absolute Gasteiger partial charge is 0.481 e. The van der Waals surface area contributed by atoms with Gasteiger partial charge < -0.3 is 24.0 Å². The first-order valence-corrected chi connectivity index (χ1v) is 16.0. The molecule has 2 aromatic carbocycles. The Morgan fingerprint density at radius 3 is 1.95 bits per heavy atom. The van der Waals surface area contributed by atoms with Crippen LogP contribution in [0.3, 0.4) is 0 Å². The molecule has 4 rings (SSSR count).